The average Bonchev–Trinajstić information content (AvgIpc) is 2.63. The molecule has 1 atom stereocenters. The lowest BCUT2D eigenvalue weighted by Crippen LogP contribution is -2.26. The van der Waals surface area contributed by atoms with E-state index in [0.717, 1.165) is 42.7 Å². The third-order valence-corrected chi connectivity index (χ3v) is 4.68. The van der Waals surface area contributed by atoms with E-state index in [0.29, 0.717) is 6.42 Å². The second-order valence-corrected chi connectivity index (χ2v) is 6.22. The number of hydrogen-bond acceptors (Lipinski definition) is 2. The second kappa shape index (κ2) is 9.33. The van der Waals surface area contributed by atoms with Gasteiger partial charge in [0.05, 0.1) is 5.92 Å². The minimum absolute atomic E-state index is 0.311. The molecule has 2 N–H and O–H groups in total. The van der Waals surface area contributed by atoms with Gasteiger partial charge in [0.1, 0.15) is 5.82 Å². The van der Waals surface area contributed by atoms with E-state index < -0.39 is 5.92 Å². The first kappa shape index (κ1) is 19.1. The van der Waals surface area contributed by atoms with Gasteiger partial charge in [-0.2, -0.15) is 0 Å². The van der Waals surface area contributed by atoms with Gasteiger partial charge in [-0.15, -0.1) is 0 Å². The van der Waals surface area contributed by atoms with Crippen LogP contribution < -0.4 is 5.73 Å². The zero-order valence-corrected chi connectivity index (χ0v) is 15.0. The fourth-order valence-electron chi connectivity index (χ4n) is 3.21. The summed E-state index contributed by atoms with van der Waals surface area (Å²) in [4.78, 5) is 14.4. The van der Waals surface area contributed by atoms with Crippen LogP contribution in [0.25, 0.3) is 11.1 Å². The van der Waals surface area contributed by atoms with E-state index in [2.05, 4.69) is 18.7 Å². The van der Waals surface area contributed by atoms with Crippen molar-refractivity contribution in [2.45, 2.75) is 32.6 Å². The third kappa shape index (κ3) is 5.13. The highest BCUT2D eigenvalue weighted by Gasteiger charge is 2.22. The molecule has 1 unspecified atom stereocenters. The summed E-state index contributed by atoms with van der Waals surface area (Å²) >= 11 is 0. The van der Waals surface area contributed by atoms with Crippen LogP contribution >= 0.6 is 0 Å². The van der Waals surface area contributed by atoms with Crippen molar-refractivity contribution >= 4 is 5.91 Å². The second-order valence-electron chi connectivity index (χ2n) is 6.22. The van der Waals surface area contributed by atoms with Crippen LogP contribution in [0.2, 0.25) is 0 Å². The molecule has 0 heterocycles. The van der Waals surface area contributed by atoms with Gasteiger partial charge in [0.25, 0.3) is 0 Å². The monoisotopic (exact) mass is 342 g/mol. The van der Waals surface area contributed by atoms with Crippen LogP contribution in [-0.4, -0.2) is 30.4 Å². The molecule has 0 saturated heterocycles. The summed E-state index contributed by atoms with van der Waals surface area (Å²) in [5.74, 6) is -1.08. The maximum Gasteiger partial charge on any atom is 0.224 e. The number of carbonyl (C=O) groups is 1. The number of carbonyl (C=O) groups excluding carboxylic acids is 1. The molecule has 0 aliphatic carbocycles. The number of amides is 1. The van der Waals surface area contributed by atoms with E-state index in [1.54, 1.807) is 6.07 Å². The highest BCUT2D eigenvalue weighted by atomic mass is 19.1. The Hall–Kier alpha value is -2.20. The zero-order valence-electron chi connectivity index (χ0n) is 15.0. The van der Waals surface area contributed by atoms with E-state index >= 15 is 0 Å². The Morgan fingerprint density at radius 3 is 2.40 bits per heavy atom. The topological polar surface area (TPSA) is 46.3 Å². The molecule has 0 aliphatic heterocycles. The van der Waals surface area contributed by atoms with Crippen LogP contribution in [-0.2, 0) is 4.79 Å². The van der Waals surface area contributed by atoms with Crippen molar-refractivity contribution in [1.82, 2.24) is 4.90 Å². The van der Waals surface area contributed by atoms with Crippen molar-refractivity contribution in [1.29, 1.82) is 0 Å². The first-order chi connectivity index (χ1) is 12.1. The summed E-state index contributed by atoms with van der Waals surface area (Å²) in [5, 5.41) is 0. The van der Waals surface area contributed by atoms with Gasteiger partial charge in [-0.1, -0.05) is 50.2 Å². The van der Waals surface area contributed by atoms with Gasteiger partial charge in [-0.05, 0) is 61.3 Å². The van der Waals surface area contributed by atoms with Crippen LogP contribution in [0.3, 0.4) is 0 Å². The van der Waals surface area contributed by atoms with Crippen LogP contribution in [0, 0.1) is 5.82 Å². The summed E-state index contributed by atoms with van der Waals surface area (Å²) in [6, 6.07) is 14.2. The molecule has 0 aromatic heterocycles. The Kier molecular flexibility index (Phi) is 7.14. The molecule has 25 heavy (non-hydrogen) atoms. The molecule has 0 bridgehead atoms. The zero-order chi connectivity index (χ0) is 18.2. The molecule has 2 rings (SSSR count). The van der Waals surface area contributed by atoms with Gasteiger partial charge in [-0.3, -0.25) is 4.79 Å². The molecule has 1 amide bonds. The summed E-state index contributed by atoms with van der Waals surface area (Å²) in [6.45, 7) is 7.16. The van der Waals surface area contributed by atoms with Gasteiger partial charge in [-0.25, -0.2) is 4.39 Å². The smallest absolute Gasteiger partial charge is 0.224 e. The first-order valence-electron chi connectivity index (χ1n) is 8.93. The van der Waals surface area contributed by atoms with Gasteiger partial charge < -0.3 is 10.6 Å². The maximum absolute atomic E-state index is 13.8. The molecule has 0 aliphatic rings. The van der Waals surface area contributed by atoms with Gasteiger partial charge in [0.15, 0.2) is 0 Å². The fraction of sp³-hybridized carbons (Fsp3) is 0.381. The number of benzene rings is 2. The number of nitrogens with zero attached hydrogens (tertiary/aromatic N) is 1. The Labute approximate surface area is 149 Å². The van der Waals surface area contributed by atoms with Gasteiger partial charge in [0.2, 0.25) is 5.91 Å². The molecule has 0 fully saturated rings. The van der Waals surface area contributed by atoms with E-state index in [-0.39, 0.29) is 11.7 Å². The van der Waals surface area contributed by atoms with E-state index in [4.69, 9.17) is 5.73 Å². The lowest BCUT2D eigenvalue weighted by Gasteiger charge is -2.21. The number of primary amides is 1. The molecule has 0 saturated carbocycles. The number of hydrogen-bond donors (Lipinski definition) is 1. The van der Waals surface area contributed by atoms with Crippen LogP contribution in [0.4, 0.5) is 4.39 Å². The lowest BCUT2D eigenvalue weighted by atomic mass is 9.87. The quantitative estimate of drug-likeness (QED) is 0.743. The molecular formula is C21H27FN2O. The van der Waals surface area contributed by atoms with Crippen molar-refractivity contribution in [2.24, 2.45) is 5.73 Å². The molecule has 2 aromatic rings. The molecule has 2 aromatic carbocycles. The molecule has 0 radical (unpaired) electrons. The molecule has 4 heteroatoms. The molecule has 134 valence electrons. The lowest BCUT2D eigenvalue weighted by molar-refractivity contribution is -0.119. The van der Waals surface area contributed by atoms with Gasteiger partial charge in [0, 0.05) is 0 Å². The van der Waals surface area contributed by atoms with Crippen LogP contribution in [0.5, 0.6) is 0 Å². The van der Waals surface area contributed by atoms with Crippen LogP contribution in [0.15, 0.2) is 48.5 Å². The number of rotatable bonds is 9. The van der Waals surface area contributed by atoms with Crippen molar-refractivity contribution in [3.63, 3.8) is 0 Å². The Bertz CT molecular complexity index is 684. The first-order valence-corrected chi connectivity index (χ1v) is 8.93. The summed E-state index contributed by atoms with van der Waals surface area (Å²) in [6.07, 6.45) is 1.54. The third-order valence-electron chi connectivity index (χ3n) is 4.68. The molecular weight excluding hydrogens is 315 g/mol. The van der Waals surface area contributed by atoms with Crippen molar-refractivity contribution in [2.75, 3.05) is 19.6 Å². The standard InChI is InChI=1S/C21H27FN2O/c1-3-24(4-2)14-8-11-19(21(23)25)18-13-12-17(22)15-20(18)16-9-6-5-7-10-16/h5-7,9-10,12-13,15,19H,3-4,8,11,14H2,1-2H3,(H2,23,25). The average molecular weight is 342 g/mol. The minimum Gasteiger partial charge on any atom is -0.369 e. The Morgan fingerprint density at radius 1 is 1.12 bits per heavy atom. The highest BCUT2D eigenvalue weighted by Crippen LogP contribution is 2.32. The van der Waals surface area contributed by atoms with E-state index in [1.807, 2.05) is 30.3 Å². The minimum atomic E-state index is -0.411. The highest BCUT2D eigenvalue weighted by molar-refractivity contribution is 5.85. The predicted molar refractivity (Wildman–Crippen MR) is 101 cm³/mol. The number of nitrogens with two attached hydrogens (primary N) is 1. The Morgan fingerprint density at radius 2 is 1.80 bits per heavy atom. The van der Waals surface area contributed by atoms with E-state index in [9.17, 15) is 9.18 Å². The van der Waals surface area contributed by atoms with Gasteiger partial charge >= 0.3 is 0 Å². The normalized spacial score (nSPS) is 12.3. The largest absolute Gasteiger partial charge is 0.369 e. The predicted octanol–water partition coefficient (Wildman–Crippen LogP) is 4.18. The Balaban J connectivity index is 2.28. The van der Waals surface area contributed by atoms with E-state index in [1.165, 1.54) is 12.1 Å². The maximum atomic E-state index is 13.8. The summed E-state index contributed by atoms with van der Waals surface area (Å²) < 4.78 is 13.8. The fourth-order valence-corrected chi connectivity index (χ4v) is 3.21. The number of halogens is 1. The molecule has 0 spiro atoms. The SMILES string of the molecule is CCN(CC)CCCC(C(N)=O)c1ccc(F)cc1-c1ccccc1. The van der Waals surface area contributed by atoms with Crippen molar-refractivity contribution in [3.8, 4) is 11.1 Å². The summed E-state index contributed by atoms with van der Waals surface area (Å²) in [7, 11) is 0. The molecule has 3 nitrogen and oxygen atoms in total. The van der Waals surface area contributed by atoms with Crippen LogP contribution in [0.1, 0.15) is 38.2 Å². The summed E-state index contributed by atoms with van der Waals surface area (Å²) in [5.41, 5.74) is 8.13. The van der Waals surface area contributed by atoms with Crippen molar-refractivity contribution in [3.05, 3.63) is 59.9 Å². The van der Waals surface area contributed by atoms with Crippen molar-refractivity contribution < 1.29 is 9.18 Å².